The second-order valence-corrected chi connectivity index (χ2v) is 4.81. The number of hydrogen-bond acceptors (Lipinski definition) is 5. The average Bonchev–Trinajstić information content (AvgIpc) is 2.54. The molecule has 0 aliphatic rings. The molecule has 0 bridgehead atoms. The molecule has 1 heterocycles. The monoisotopic (exact) mass is 287 g/mol. The number of hydrogen-bond donors (Lipinski definition) is 1. The maximum absolute atomic E-state index is 6.00. The smallest absolute Gasteiger partial charge is 0.166 e. The van der Waals surface area contributed by atoms with Crippen molar-refractivity contribution < 1.29 is 9.47 Å². The van der Waals surface area contributed by atoms with E-state index < -0.39 is 0 Å². The van der Waals surface area contributed by atoms with Crippen molar-refractivity contribution in [3.8, 4) is 11.5 Å². The summed E-state index contributed by atoms with van der Waals surface area (Å²) in [7, 11) is 1.62. The Bertz CT molecular complexity index is 561. The van der Waals surface area contributed by atoms with Crippen molar-refractivity contribution in [3.63, 3.8) is 0 Å². The average molecular weight is 287 g/mol. The molecule has 0 saturated heterocycles. The van der Waals surface area contributed by atoms with E-state index >= 15 is 0 Å². The number of rotatable bonds is 7. The number of nitrogens with zero attached hydrogens (tertiary/aromatic N) is 2. The van der Waals surface area contributed by atoms with E-state index in [1.54, 1.807) is 25.6 Å². The molecule has 5 heteroatoms. The first-order valence-corrected chi connectivity index (χ1v) is 7.04. The molecule has 0 aliphatic heterocycles. The molecule has 0 spiro atoms. The van der Waals surface area contributed by atoms with Crippen LogP contribution in [0.4, 0.5) is 0 Å². The minimum atomic E-state index is 0.156. The van der Waals surface area contributed by atoms with Crippen LogP contribution in [0.5, 0.6) is 11.5 Å². The lowest BCUT2D eigenvalue weighted by molar-refractivity contribution is 0.276. The molecule has 2 N–H and O–H groups in total. The predicted octanol–water partition coefficient (Wildman–Crippen LogP) is 2.34. The number of ether oxygens (including phenoxy) is 2. The van der Waals surface area contributed by atoms with E-state index in [4.69, 9.17) is 15.2 Å². The molecule has 1 unspecified atom stereocenters. The molecule has 21 heavy (non-hydrogen) atoms. The summed E-state index contributed by atoms with van der Waals surface area (Å²) in [6.45, 7) is 2.39. The molecule has 1 aromatic heterocycles. The molecule has 0 amide bonds. The molecule has 2 rings (SSSR count). The van der Waals surface area contributed by atoms with E-state index in [-0.39, 0.29) is 6.04 Å². The molecule has 0 fully saturated rings. The van der Waals surface area contributed by atoms with Gasteiger partial charge in [-0.3, -0.25) is 0 Å². The predicted molar refractivity (Wildman–Crippen MR) is 81.3 cm³/mol. The Morgan fingerprint density at radius 3 is 2.62 bits per heavy atom. The first-order valence-electron chi connectivity index (χ1n) is 7.04. The van der Waals surface area contributed by atoms with Gasteiger partial charge in [0.2, 0.25) is 0 Å². The molecule has 2 aromatic rings. The van der Waals surface area contributed by atoms with Crippen molar-refractivity contribution in [2.75, 3.05) is 7.11 Å². The SMILES string of the molecule is CCC(N)Cc1ccc(OC)c(OCc2ncccn2)c1. The van der Waals surface area contributed by atoms with Crippen LogP contribution in [0.1, 0.15) is 24.7 Å². The summed E-state index contributed by atoms with van der Waals surface area (Å²) in [6.07, 6.45) is 5.15. The van der Waals surface area contributed by atoms with Gasteiger partial charge in [0.1, 0.15) is 6.61 Å². The van der Waals surface area contributed by atoms with E-state index in [1.807, 2.05) is 18.2 Å². The number of benzene rings is 1. The second-order valence-electron chi connectivity index (χ2n) is 4.81. The highest BCUT2D eigenvalue weighted by molar-refractivity contribution is 5.43. The summed E-state index contributed by atoms with van der Waals surface area (Å²) >= 11 is 0. The van der Waals surface area contributed by atoms with Crippen LogP contribution in [0.3, 0.4) is 0 Å². The molecule has 1 aromatic carbocycles. The van der Waals surface area contributed by atoms with Gasteiger partial charge in [-0.05, 0) is 36.6 Å². The molecule has 5 nitrogen and oxygen atoms in total. The van der Waals surface area contributed by atoms with Gasteiger partial charge in [-0.25, -0.2) is 9.97 Å². The minimum absolute atomic E-state index is 0.156. The van der Waals surface area contributed by atoms with Crippen LogP contribution in [0.25, 0.3) is 0 Å². The van der Waals surface area contributed by atoms with E-state index in [2.05, 4.69) is 16.9 Å². The van der Waals surface area contributed by atoms with Gasteiger partial charge >= 0.3 is 0 Å². The van der Waals surface area contributed by atoms with Crippen molar-refractivity contribution >= 4 is 0 Å². The van der Waals surface area contributed by atoms with Crippen molar-refractivity contribution in [1.82, 2.24) is 9.97 Å². The Morgan fingerprint density at radius 2 is 1.95 bits per heavy atom. The highest BCUT2D eigenvalue weighted by Gasteiger charge is 2.09. The normalized spacial score (nSPS) is 12.0. The van der Waals surface area contributed by atoms with Gasteiger partial charge in [-0.1, -0.05) is 13.0 Å². The largest absolute Gasteiger partial charge is 0.493 e. The van der Waals surface area contributed by atoms with Gasteiger partial charge in [-0.15, -0.1) is 0 Å². The Labute approximate surface area is 125 Å². The molecular formula is C16H21N3O2. The van der Waals surface area contributed by atoms with E-state index in [9.17, 15) is 0 Å². The Morgan fingerprint density at radius 1 is 1.19 bits per heavy atom. The summed E-state index contributed by atoms with van der Waals surface area (Å²) in [6, 6.07) is 7.82. The van der Waals surface area contributed by atoms with Gasteiger partial charge in [0.25, 0.3) is 0 Å². The maximum Gasteiger partial charge on any atom is 0.166 e. The fourth-order valence-corrected chi connectivity index (χ4v) is 1.95. The number of methoxy groups -OCH3 is 1. The number of nitrogens with two attached hydrogens (primary N) is 1. The van der Waals surface area contributed by atoms with Crippen LogP contribution < -0.4 is 15.2 Å². The lowest BCUT2D eigenvalue weighted by Crippen LogP contribution is -2.21. The maximum atomic E-state index is 6.00. The highest BCUT2D eigenvalue weighted by atomic mass is 16.5. The zero-order chi connectivity index (χ0) is 15.1. The van der Waals surface area contributed by atoms with Crippen molar-refractivity contribution in [1.29, 1.82) is 0 Å². The zero-order valence-corrected chi connectivity index (χ0v) is 12.5. The summed E-state index contributed by atoms with van der Waals surface area (Å²) < 4.78 is 11.1. The van der Waals surface area contributed by atoms with Crippen molar-refractivity contribution in [3.05, 3.63) is 48.0 Å². The summed E-state index contributed by atoms with van der Waals surface area (Å²) in [5.41, 5.74) is 7.13. The van der Waals surface area contributed by atoms with Gasteiger partial charge in [-0.2, -0.15) is 0 Å². The Balaban J connectivity index is 2.10. The Kier molecular flexibility index (Phi) is 5.51. The molecule has 1 atom stereocenters. The third kappa shape index (κ3) is 4.43. The van der Waals surface area contributed by atoms with Crippen LogP contribution in [0.2, 0.25) is 0 Å². The fourth-order valence-electron chi connectivity index (χ4n) is 1.95. The topological polar surface area (TPSA) is 70.3 Å². The van der Waals surface area contributed by atoms with Crippen LogP contribution in [-0.2, 0) is 13.0 Å². The highest BCUT2D eigenvalue weighted by Crippen LogP contribution is 2.29. The third-order valence-corrected chi connectivity index (χ3v) is 3.23. The Hall–Kier alpha value is -2.14. The van der Waals surface area contributed by atoms with Crippen LogP contribution in [0, 0.1) is 0 Å². The molecule has 0 saturated carbocycles. The van der Waals surface area contributed by atoms with E-state index in [1.165, 1.54) is 0 Å². The summed E-state index contributed by atoms with van der Waals surface area (Å²) in [5, 5.41) is 0. The van der Waals surface area contributed by atoms with E-state index in [0.717, 1.165) is 18.4 Å². The molecular weight excluding hydrogens is 266 g/mol. The van der Waals surface area contributed by atoms with Crippen LogP contribution in [-0.4, -0.2) is 23.1 Å². The molecule has 0 radical (unpaired) electrons. The second kappa shape index (κ2) is 7.59. The third-order valence-electron chi connectivity index (χ3n) is 3.23. The summed E-state index contributed by atoms with van der Waals surface area (Å²) in [5.74, 6) is 2.01. The van der Waals surface area contributed by atoms with Crippen LogP contribution >= 0.6 is 0 Å². The minimum Gasteiger partial charge on any atom is -0.493 e. The van der Waals surface area contributed by atoms with Gasteiger partial charge in [0.05, 0.1) is 7.11 Å². The number of aromatic nitrogens is 2. The van der Waals surface area contributed by atoms with Gasteiger partial charge in [0.15, 0.2) is 17.3 Å². The first-order chi connectivity index (χ1) is 10.2. The fraction of sp³-hybridized carbons (Fsp3) is 0.375. The lowest BCUT2D eigenvalue weighted by Gasteiger charge is -2.13. The van der Waals surface area contributed by atoms with Crippen LogP contribution in [0.15, 0.2) is 36.7 Å². The van der Waals surface area contributed by atoms with E-state index in [0.29, 0.717) is 23.9 Å². The van der Waals surface area contributed by atoms with Crippen molar-refractivity contribution in [2.45, 2.75) is 32.4 Å². The lowest BCUT2D eigenvalue weighted by atomic mass is 10.0. The molecule has 112 valence electrons. The quantitative estimate of drug-likeness (QED) is 0.846. The standard InChI is InChI=1S/C16H21N3O2/c1-3-13(17)9-12-5-6-14(20-2)15(10-12)21-11-16-18-7-4-8-19-16/h4-8,10,13H,3,9,11,17H2,1-2H3. The van der Waals surface area contributed by atoms with Crippen molar-refractivity contribution in [2.24, 2.45) is 5.73 Å². The summed E-state index contributed by atoms with van der Waals surface area (Å²) in [4.78, 5) is 8.27. The van der Waals surface area contributed by atoms with Gasteiger partial charge < -0.3 is 15.2 Å². The molecule has 0 aliphatic carbocycles. The zero-order valence-electron chi connectivity index (χ0n) is 12.5. The first kappa shape index (κ1) is 15.3. The van der Waals surface area contributed by atoms with Gasteiger partial charge in [0, 0.05) is 18.4 Å².